The van der Waals surface area contributed by atoms with E-state index in [4.69, 9.17) is 0 Å². The molecule has 0 fully saturated rings. The summed E-state index contributed by atoms with van der Waals surface area (Å²) in [4.78, 5) is 11.5. The lowest BCUT2D eigenvalue weighted by Gasteiger charge is -2.19. The maximum atomic E-state index is 11.5. The number of hydrogen-bond donors (Lipinski definition) is 1. The van der Waals surface area contributed by atoms with Crippen LogP contribution in [0.5, 0.6) is 0 Å². The maximum absolute atomic E-state index is 11.5. The van der Waals surface area contributed by atoms with Gasteiger partial charge in [0.1, 0.15) is 5.78 Å². The molecule has 80 valence electrons. The summed E-state index contributed by atoms with van der Waals surface area (Å²) in [6, 6.07) is 8.49. The third-order valence-electron chi connectivity index (χ3n) is 3.30. The van der Waals surface area contributed by atoms with Crippen molar-refractivity contribution in [1.29, 1.82) is 0 Å². The number of hydrogen-bond acceptors (Lipinski definition) is 2. The van der Waals surface area contributed by atoms with Gasteiger partial charge >= 0.3 is 0 Å². The lowest BCUT2D eigenvalue weighted by Crippen LogP contribution is -2.39. The highest BCUT2D eigenvalue weighted by atomic mass is 16.1. The first-order chi connectivity index (χ1) is 7.22. The van der Waals surface area contributed by atoms with E-state index >= 15 is 0 Å². The fraction of sp³-hybridized carbons (Fsp3) is 0.462. The summed E-state index contributed by atoms with van der Waals surface area (Å²) < 4.78 is 0. The van der Waals surface area contributed by atoms with Gasteiger partial charge in [-0.05, 0) is 43.9 Å². The van der Waals surface area contributed by atoms with Crippen molar-refractivity contribution in [2.75, 3.05) is 7.05 Å². The van der Waals surface area contributed by atoms with Gasteiger partial charge in [0.25, 0.3) is 0 Å². The minimum absolute atomic E-state index is 0.0115. The Balaban J connectivity index is 2.15. The molecular formula is C13H17NO. The number of likely N-dealkylation sites (N-methyl/N-ethyl adjacent to an activating group) is 1. The molecule has 15 heavy (non-hydrogen) atoms. The number of Topliss-reactive ketones (excluding diaryl/α,β-unsaturated/α-hetero) is 1. The van der Waals surface area contributed by atoms with Gasteiger partial charge in [0.2, 0.25) is 0 Å². The lowest BCUT2D eigenvalue weighted by atomic mass is 9.94. The highest BCUT2D eigenvalue weighted by Gasteiger charge is 2.29. The highest BCUT2D eigenvalue weighted by molar-refractivity contribution is 5.82. The summed E-state index contributed by atoms with van der Waals surface area (Å²) in [5, 5.41) is 3.13. The van der Waals surface area contributed by atoms with Crippen molar-refractivity contribution in [3.05, 3.63) is 35.4 Å². The Kier molecular flexibility index (Phi) is 2.87. The average molecular weight is 203 g/mol. The van der Waals surface area contributed by atoms with E-state index < -0.39 is 0 Å². The van der Waals surface area contributed by atoms with E-state index in [1.807, 2.05) is 7.05 Å². The highest BCUT2D eigenvalue weighted by Crippen LogP contribution is 2.28. The van der Waals surface area contributed by atoms with Crippen molar-refractivity contribution in [3.63, 3.8) is 0 Å². The topological polar surface area (TPSA) is 29.1 Å². The summed E-state index contributed by atoms with van der Waals surface area (Å²) >= 11 is 0. The van der Waals surface area contributed by atoms with Crippen molar-refractivity contribution < 1.29 is 4.79 Å². The number of carbonyl (C=O) groups is 1. The molecular weight excluding hydrogens is 186 g/mol. The predicted molar refractivity (Wildman–Crippen MR) is 60.9 cm³/mol. The fourth-order valence-corrected chi connectivity index (χ4v) is 2.60. The summed E-state index contributed by atoms with van der Waals surface area (Å²) in [6.45, 7) is 1.67. The van der Waals surface area contributed by atoms with Gasteiger partial charge in [-0.25, -0.2) is 0 Å². The van der Waals surface area contributed by atoms with Gasteiger partial charge in [-0.15, -0.1) is 0 Å². The minimum atomic E-state index is 0.0115. The van der Waals surface area contributed by atoms with Crippen LogP contribution in [-0.4, -0.2) is 18.9 Å². The molecule has 0 radical (unpaired) electrons. The Hall–Kier alpha value is -1.15. The molecule has 1 aromatic rings. The largest absolute Gasteiger partial charge is 0.310 e. The van der Waals surface area contributed by atoms with Gasteiger partial charge in [-0.2, -0.15) is 0 Å². The van der Waals surface area contributed by atoms with Crippen molar-refractivity contribution in [2.24, 2.45) is 5.92 Å². The van der Waals surface area contributed by atoms with E-state index in [0.717, 1.165) is 12.8 Å². The molecule has 0 aliphatic heterocycles. The number of nitrogens with one attached hydrogen (secondary N) is 1. The molecule has 0 saturated heterocycles. The van der Waals surface area contributed by atoms with Crippen LogP contribution in [0.1, 0.15) is 18.1 Å². The zero-order valence-corrected chi connectivity index (χ0v) is 9.29. The van der Waals surface area contributed by atoms with Crippen molar-refractivity contribution in [2.45, 2.75) is 25.8 Å². The van der Waals surface area contributed by atoms with Crippen LogP contribution in [0.25, 0.3) is 0 Å². The third kappa shape index (κ3) is 1.95. The minimum Gasteiger partial charge on any atom is -0.310 e. The van der Waals surface area contributed by atoms with E-state index in [2.05, 4.69) is 29.6 Å². The second-order valence-corrected chi connectivity index (χ2v) is 4.31. The number of fused-ring (bicyclic) bond motifs is 1. The second kappa shape index (κ2) is 4.15. The number of ketones is 1. The SMILES string of the molecule is CN[C@@H](C(C)=O)C1Cc2ccccc2C1. The monoisotopic (exact) mass is 203 g/mol. The second-order valence-electron chi connectivity index (χ2n) is 4.31. The normalized spacial score (nSPS) is 17.5. The first-order valence-corrected chi connectivity index (χ1v) is 5.47. The van der Waals surface area contributed by atoms with E-state index in [9.17, 15) is 4.79 Å². The smallest absolute Gasteiger partial charge is 0.146 e. The average Bonchev–Trinajstić information content (AvgIpc) is 2.61. The lowest BCUT2D eigenvalue weighted by molar-refractivity contribution is -0.120. The predicted octanol–water partition coefficient (Wildman–Crippen LogP) is 1.58. The molecule has 0 amide bonds. The standard InChI is InChI=1S/C13H17NO/c1-9(15)13(14-2)12-7-10-5-3-4-6-11(10)8-12/h3-6,12-14H,7-8H2,1-2H3/t13-/m0/s1. The van der Waals surface area contributed by atoms with Crippen LogP contribution in [-0.2, 0) is 17.6 Å². The van der Waals surface area contributed by atoms with Gasteiger partial charge in [-0.1, -0.05) is 24.3 Å². The Morgan fingerprint density at radius 3 is 2.27 bits per heavy atom. The molecule has 1 atom stereocenters. The number of rotatable bonds is 3. The Morgan fingerprint density at radius 2 is 1.87 bits per heavy atom. The van der Waals surface area contributed by atoms with Crippen LogP contribution in [0.2, 0.25) is 0 Å². The fourth-order valence-electron chi connectivity index (χ4n) is 2.60. The first kappa shape index (κ1) is 10.4. The van der Waals surface area contributed by atoms with Crippen LogP contribution in [0.15, 0.2) is 24.3 Å². The van der Waals surface area contributed by atoms with Crippen LogP contribution in [0.3, 0.4) is 0 Å². The van der Waals surface area contributed by atoms with Gasteiger partial charge < -0.3 is 5.32 Å². The van der Waals surface area contributed by atoms with Gasteiger partial charge in [0.15, 0.2) is 0 Å². The van der Waals surface area contributed by atoms with Crippen LogP contribution in [0.4, 0.5) is 0 Å². The Labute approximate surface area is 90.7 Å². The molecule has 1 aliphatic carbocycles. The van der Waals surface area contributed by atoms with Crippen LogP contribution >= 0.6 is 0 Å². The molecule has 0 heterocycles. The Morgan fingerprint density at radius 1 is 1.33 bits per heavy atom. The summed E-state index contributed by atoms with van der Waals surface area (Å²) in [7, 11) is 1.87. The molecule has 0 saturated carbocycles. The molecule has 0 aromatic heterocycles. The quantitative estimate of drug-likeness (QED) is 0.808. The van der Waals surface area contributed by atoms with Gasteiger partial charge in [0, 0.05) is 0 Å². The zero-order valence-electron chi connectivity index (χ0n) is 9.29. The molecule has 2 heteroatoms. The maximum Gasteiger partial charge on any atom is 0.146 e. The molecule has 1 N–H and O–H groups in total. The van der Waals surface area contributed by atoms with Gasteiger partial charge in [-0.3, -0.25) is 4.79 Å². The molecule has 1 aliphatic rings. The summed E-state index contributed by atoms with van der Waals surface area (Å²) in [5.41, 5.74) is 2.81. The molecule has 0 bridgehead atoms. The van der Waals surface area contributed by atoms with Gasteiger partial charge in [0.05, 0.1) is 6.04 Å². The number of carbonyl (C=O) groups excluding carboxylic acids is 1. The van der Waals surface area contributed by atoms with Crippen molar-refractivity contribution >= 4 is 5.78 Å². The first-order valence-electron chi connectivity index (χ1n) is 5.47. The van der Waals surface area contributed by atoms with E-state index in [-0.39, 0.29) is 11.8 Å². The molecule has 1 aromatic carbocycles. The molecule has 0 spiro atoms. The molecule has 2 nitrogen and oxygen atoms in total. The van der Waals surface area contributed by atoms with Crippen molar-refractivity contribution in [3.8, 4) is 0 Å². The zero-order chi connectivity index (χ0) is 10.8. The van der Waals surface area contributed by atoms with E-state index in [1.165, 1.54) is 11.1 Å². The Bertz CT molecular complexity index is 348. The van der Waals surface area contributed by atoms with E-state index in [0.29, 0.717) is 5.92 Å². The van der Waals surface area contributed by atoms with Crippen molar-refractivity contribution in [1.82, 2.24) is 5.32 Å². The summed E-state index contributed by atoms with van der Waals surface area (Å²) in [6.07, 6.45) is 2.06. The van der Waals surface area contributed by atoms with Crippen LogP contribution < -0.4 is 5.32 Å². The molecule has 2 rings (SSSR count). The third-order valence-corrected chi connectivity index (χ3v) is 3.30. The number of benzene rings is 1. The summed E-state index contributed by atoms with van der Waals surface area (Å²) in [5.74, 6) is 0.681. The van der Waals surface area contributed by atoms with Crippen LogP contribution in [0, 0.1) is 5.92 Å². The molecule has 0 unspecified atom stereocenters. The van der Waals surface area contributed by atoms with E-state index in [1.54, 1.807) is 6.92 Å².